The fourth-order valence-electron chi connectivity index (χ4n) is 1.50. The van der Waals surface area contributed by atoms with E-state index in [4.69, 9.17) is 11.6 Å². The van der Waals surface area contributed by atoms with Gasteiger partial charge in [0, 0.05) is 16.9 Å². The fourth-order valence-corrected chi connectivity index (χ4v) is 3.01. The van der Waals surface area contributed by atoms with Gasteiger partial charge in [-0.2, -0.15) is 0 Å². The largest absolute Gasteiger partial charge is 0.347 e. The van der Waals surface area contributed by atoms with E-state index in [1.54, 1.807) is 25.3 Å². The summed E-state index contributed by atoms with van der Waals surface area (Å²) in [4.78, 5) is 6.83. The van der Waals surface area contributed by atoms with Crippen molar-refractivity contribution in [3.63, 3.8) is 0 Å². The van der Waals surface area contributed by atoms with Crippen molar-refractivity contribution in [2.24, 2.45) is 0 Å². The van der Waals surface area contributed by atoms with Crippen LogP contribution in [0.2, 0.25) is 5.02 Å². The van der Waals surface area contributed by atoms with E-state index in [9.17, 15) is 8.42 Å². The molecule has 0 spiro atoms. The van der Waals surface area contributed by atoms with Crippen molar-refractivity contribution in [2.75, 3.05) is 0 Å². The summed E-state index contributed by atoms with van der Waals surface area (Å²) in [6.07, 6.45) is 3.06. The van der Waals surface area contributed by atoms with Gasteiger partial charge < -0.3 is 4.98 Å². The van der Waals surface area contributed by atoms with Crippen LogP contribution in [-0.2, 0) is 16.6 Å². The average molecular weight is 286 g/mol. The molecule has 96 valence electrons. The summed E-state index contributed by atoms with van der Waals surface area (Å²) in [5, 5.41) is 0.391. The van der Waals surface area contributed by atoms with Gasteiger partial charge in [-0.1, -0.05) is 17.7 Å². The summed E-state index contributed by atoms with van der Waals surface area (Å²) in [5.74, 6) is 0. The number of rotatable bonds is 4. The second kappa shape index (κ2) is 5.09. The molecule has 0 aliphatic heterocycles. The molecule has 0 unspecified atom stereocenters. The van der Waals surface area contributed by atoms with Crippen molar-refractivity contribution < 1.29 is 8.42 Å². The van der Waals surface area contributed by atoms with Crippen LogP contribution in [0.25, 0.3) is 0 Å². The van der Waals surface area contributed by atoms with Crippen molar-refractivity contribution in [3.05, 3.63) is 47.0 Å². The molecule has 1 heterocycles. The van der Waals surface area contributed by atoms with Crippen LogP contribution >= 0.6 is 11.6 Å². The molecule has 2 N–H and O–H groups in total. The van der Waals surface area contributed by atoms with E-state index in [0.717, 1.165) is 0 Å². The zero-order chi connectivity index (χ0) is 13.2. The Morgan fingerprint density at radius 3 is 2.89 bits per heavy atom. The first-order chi connectivity index (χ1) is 8.49. The smallest absolute Gasteiger partial charge is 0.241 e. The lowest BCUT2D eigenvalue weighted by atomic mass is 10.2. The summed E-state index contributed by atoms with van der Waals surface area (Å²) in [6.45, 7) is 1.88. The second-order valence-corrected chi connectivity index (χ2v) is 5.98. The molecule has 18 heavy (non-hydrogen) atoms. The molecule has 0 amide bonds. The quantitative estimate of drug-likeness (QED) is 0.900. The lowest BCUT2D eigenvalue weighted by Crippen LogP contribution is -2.24. The number of aromatic nitrogens is 2. The molecule has 0 bridgehead atoms. The van der Waals surface area contributed by atoms with E-state index >= 15 is 0 Å². The van der Waals surface area contributed by atoms with Gasteiger partial charge in [-0.3, -0.25) is 0 Å². The van der Waals surface area contributed by atoms with Gasteiger partial charge in [-0.15, -0.1) is 0 Å². The first-order valence-corrected chi connectivity index (χ1v) is 7.08. The molecule has 1 aromatic carbocycles. The van der Waals surface area contributed by atoms with Crippen LogP contribution in [-0.4, -0.2) is 18.4 Å². The summed E-state index contributed by atoms with van der Waals surface area (Å²) in [6, 6.07) is 4.77. The van der Waals surface area contributed by atoms with E-state index in [-0.39, 0.29) is 11.4 Å². The Morgan fingerprint density at radius 2 is 2.22 bits per heavy atom. The van der Waals surface area contributed by atoms with Gasteiger partial charge in [-0.25, -0.2) is 18.1 Å². The highest BCUT2D eigenvalue weighted by Crippen LogP contribution is 2.20. The van der Waals surface area contributed by atoms with Crippen molar-refractivity contribution in [1.82, 2.24) is 14.7 Å². The molecule has 0 atom stereocenters. The lowest BCUT2D eigenvalue weighted by Gasteiger charge is -2.08. The number of aryl methyl sites for hydroxylation is 1. The maximum Gasteiger partial charge on any atom is 0.241 e. The van der Waals surface area contributed by atoms with E-state index < -0.39 is 10.0 Å². The van der Waals surface area contributed by atoms with Crippen molar-refractivity contribution in [3.8, 4) is 0 Å². The molecule has 2 rings (SSSR count). The van der Waals surface area contributed by atoms with Gasteiger partial charge >= 0.3 is 0 Å². The number of H-pyrrole nitrogens is 1. The maximum atomic E-state index is 12.1. The van der Waals surface area contributed by atoms with E-state index in [0.29, 0.717) is 16.3 Å². The third-order valence-electron chi connectivity index (χ3n) is 2.45. The first-order valence-electron chi connectivity index (χ1n) is 5.22. The van der Waals surface area contributed by atoms with Crippen LogP contribution in [0.5, 0.6) is 0 Å². The number of halogens is 1. The minimum atomic E-state index is -3.57. The maximum absolute atomic E-state index is 12.1. The minimum absolute atomic E-state index is 0.161. The average Bonchev–Trinajstić information content (AvgIpc) is 2.83. The van der Waals surface area contributed by atoms with E-state index in [1.807, 2.05) is 0 Å². The standard InChI is InChI=1S/C11H12ClN3O2S/c1-8-2-3-9(12)4-11(8)18(16,17)15-6-10-5-13-7-14-10/h2-5,7,15H,6H2,1H3,(H,13,14). The van der Waals surface area contributed by atoms with Gasteiger partial charge in [-0.05, 0) is 24.6 Å². The highest BCUT2D eigenvalue weighted by atomic mass is 35.5. The number of nitrogens with one attached hydrogen (secondary N) is 2. The van der Waals surface area contributed by atoms with E-state index in [1.165, 1.54) is 12.4 Å². The minimum Gasteiger partial charge on any atom is -0.347 e. The van der Waals surface area contributed by atoms with Crippen molar-refractivity contribution in [2.45, 2.75) is 18.4 Å². The molecular weight excluding hydrogens is 274 g/mol. The molecule has 7 heteroatoms. The normalized spacial score (nSPS) is 11.7. The third kappa shape index (κ3) is 2.90. The number of sulfonamides is 1. The number of benzene rings is 1. The number of aromatic amines is 1. The Kier molecular flexibility index (Phi) is 3.70. The van der Waals surface area contributed by atoms with Crippen molar-refractivity contribution >= 4 is 21.6 Å². The van der Waals surface area contributed by atoms with Gasteiger partial charge in [0.05, 0.1) is 17.8 Å². The molecular formula is C11H12ClN3O2S. The monoisotopic (exact) mass is 285 g/mol. The number of hydrogen-bond donors (Lipinski definition) is 2. The molecule has 5 nitrogen and oxygen atoms in total. The Labute approximate surface area is 110 Å². The molecule has 0 radical (unpaired) electrons. The summed E-state index contributed by atoms with van der Waals surface area (Å²) in [5.41, 5.74) is 1.34. The van der Waals surface area contributed by atoms with E-state index in [2.05, 4.69) is 14.7 Å². The lowest BCUT2D eigenvalue weighted by molar-refractivity contribution is 0.580. The second-order valence-electron chi connectivity index (χ2n) is 3.81. The predicted molar refractivity (Wildman–Crippen MR) is 68.8 cm³/mol. The molecule has 2 aromatic rings. The Balaban J connectivity index is 2.22. The van der Waals surface area contributed by atoms with Crippen LogP contribution in [0, 0.1) is 6.92 Å². The number of nitrogens with zero attached hydrogens (tertiary/aromatic N) is 1. The third-order valence-corrected chi connectivity index (χ3v) is 4.23. The van der Waals surface area contributed by atoms with Gasteiger partial charge in [0.2, 0.25) is 10.0 Å². The van der Waals surface area contributed by atoms with Crippen LogP contribution in [0.1, 0.15) is 11.3 Å². The van der Waals surface area contributed by atoms with Crippen molar-refractivity contribution in [1.29, 1.82) is 0 Å². The number of imidazole rings is 1. The van der Waals surface area contributed by atoms with Gasteiger partial charge in [0.25, 0.3) is 0 Å². The fraction of sp³-hybridized carbons (Fsp3) is 0.182. The first kappa shape index (κ1) is 13.1. The molecule has 1 aromatic heterocycles. The molecule has 0 saturated heterocycles. The van der Waals surface area contributed by atoms with Crippen LogP contribution in [0.4, 0.5) is 0 Å². The molecule has 0 aliphatic rings. The van der Waals surface area contributed by atoms with Gasteiger partial charge in [0.1, 0.15) is 0 Å². The van der Waals surface area contributed by atoms with Gasteiger partial charge in [0.15, 0.2) is 0 Å². The Morgan fingerprint density at radius 1 is 1.44 bits per heavy atom. The highest BCUT2D eigenvalue weighted by Gasteiger charge is 2.17. The van der Waals surface area contributed by atoms with Crippen LogP contribution < -0.4 is 4.72 Å². The Bertz CT molecular complexity index is 638. The molecule has 0 fully saturated rings. The topological polar surface area (TPSA) is 74.8 Å². The SMILES string of the molecule is Cc1ccc(Cl)cc1S(=O)(=O)NCc1cnc[nH]1. The number of hydrogen-bond acceptors (Lipinski definition) is 3. The summed E-state index contributed by atoms with van der Waals surface area (Å²) < 4.78 is 26.7. The summed E-state index contributed by atoms with van der Waals surface area (Å²) >= 11 is 5.81. The Hall–Kier alpha value is -1.37. The molecule has 0 saturated carbocycles. The summed E-state index contributed by atoms with van der Waals surface area (Å²) in [7, 11) is -3.57. The van der Waals surface area contributed by atoms with Crippen LogP contribution in [0.15, 0.2) is 35.6 Å². The predicted octanol–water partition coefficient (Wildman–Crippen LogP) is 1.85. The highest BCUT2D eigenvalue weighted by molar-refractivity contribution is 7.89. The zero-order valence-electron chi connectivity index (χ0n) is 9.64. The molecule has 0 aliphatic carbocycles. The van der Waals surface area contributed by atoms with Crippen LogP contribution in [0.3, 0.4) is 0 Å². The zero-order valence-corrected chi connectivity index (χ0v) is 11.2.